The molecule has 1 N–H and O–H groups in total. The maximum Gasteiger partial charge on any atom is 0.173 e. The topological polar surface area (TPSA) is 83.7 Å². The highest BCUT2D eigenvalue weighted by Gasteiger charge is 2.56. The van der Waals surface area contributed by atoms with E-state index in [4.69, 9.17) is 37.3 Å². The normalized spacial score (nSPS) is 25.6. The first-order chi connectivity index (χ1) is 17.5. The van der Waals surface area contributed by atoms with Gasteiger partial charge in [-0.1, -0.05) is 45.8 Å². The molecule has 2 aromatic carbocycles. The summed E-state index contributed by atoms with van der Waals surface area (Å²) in [4.78, 5) is 8.76. The summed E-state index contributed by atoms with van der Waals surface area (Å²) in [6.07, 6.45) is 0.410. The molecule has 0 radical (unpaired) electrons. The van der Waals surface area contributed by atoms with E-state index in [1.54, 1.807) is 17.0 Å². The molecule has 0 bridgehead atoms. The average Bonchev–Trinajstić information content (AvgIpc) is 3.16. The van der Waals surface area contributed by atoms with Gasteiger partial charge in [-0.15, -0.1) is 0 Å². The molecule has 4 aliphatic heterocycles. The number of nitrogens with zero attached hydrogens (tertiary/aromatic N) is 4. The van der Waals surface area contributed by atoms with Crippen molar-refractivity contribution < 1.29 is 14.4 Å². The zero-order valence-corrected chi connectivity index (χ0v) is 23.4. The molecule has 0 aliphatic carbocycles. The fraction of sp³-hybridized carbons (Fsp3) is 0.407. The van der Waals surface area contributed by atoms with Crippen LogP contribution >= 0.6 is 23.2 Å². The summed E-state index contributed by atoms with van der Waals surface area (Å²) < 4.78 is 23.8. The molecule has 2 aromatic rings. The summed E-state index contributed by atoms with van der Waals surface area (Å²) in [5.74, 6) is 2.20. The number of aliphatic hydroxyl groups is 1. The Bertz CT molecular complexity index is 1400. The number of ether oxygens (including phenoxy) is 1. The Labute approximate surface area is 229 Å². The smallest absolute Gasteiger partial charge is 0.173 e. The van der Waals surface area contributed by atoms with Crippen LogP contribution in [-0.2, 0) is 16.1 Å². The van der Waals surface area contributed by atoms with Gasteiger partial charge >= 0.3 is 0 Å². The molecule has 4 aliphatic rings. The van der Waals surface area contributed by atoms with Gasteiger partial charge in [0.15, 0.2) is 16.6 Å². The van der Waals surface area contributed by atoms with E-state index < -0.39 is 27.9 Å². The van der Waals surface area contributed by atoms with Crippen LogP contribution in [0.5, 0.6) is 5.75 Å². The molecule has 4 heterocycles. The van der Waals surface area contributed by atoms with E-state index in [2.05, 4.69) is 4.90 Å². The molecule has 1 saturated heterocycles. The maximum atomic E-state index is 13.1. The molecule has 7 nitrogen and oxygen atoms in total. The molecule has 6 rings (SSSR count). The van der Waals surface area contributed by atoms with Crippen molar-refractivity contribution in [3.05, 3.63) is 69.0 Å². The van der Waals surface area contributed by atoms with Gasteiger partial charge in [0.2, 0.25) is 0 Å². The number of aliphatic imine (C=N–C) groups is 1. The first-order valence-electron chi connectivity index (χ1n) is 12.3. The van der Waals surface area contributed by atoms with Gasteiger partial charge in [-0.05, 0) is 45.9 Å². The lowest BCUT2D eigenvalue weighted by molar-refractivity contribution is 0.0761. The minimum absolute atomic E-state index is 0.375. The van der Waals surface area contributed by atoms with Crippen molar-refractivity contribution in [3.8, 4) is 5.75 Å². The highest BCUT2D eigenvalue weighted by atomic mass is 35.5. The summed E-state index contributed by atoms with van der Waals surface area (Å²) in [6, 6.07) is 11.3. The Balaban J connectivity index is 1.27. The second kappa shape index (κ2) is 8.64. The Morgan fingerprint density at radius 2 is 1.81 bits per heavy atom. The van der Waals surface area contributed by atoms with Crippen molar-refractivity contribution in [2.75, 3.05) is 18.0 Å². The van der Waals surface area contributed by atoms with E-state index in [1.165, 1.54) is 0 Å². The first kappa shape index (κ1) is 25.1. The Morgan fingerprint density at radius 1 is 1.11 bits per heavy atom. The number of anilines is 1. The lowest BCUT2D eigenvalue weighted by Crippen LogP contribution is -2.53. The number of amidine groups is 1. The lowest BCUT2D eigenvalue weighted by Gasteiger charge is -2.43. The molecular weight excluding hydrogens is 531 g/mol. The number of likely N-dealkylation sites (tertiary alicyclic amines) is 1. The number of piperidine rings is 1. The Kier molecular flexibility index (Phi) is 5.86. The molecule has 194 valence electrons. The highest BCUT2D eigenvalue weighted by Crippen LogP contribution is 2.50. The van der Waals surface area contributed by atoms with Crippen LogP contribution in [0, 0.1) is 0 Å². The molecular formula is C27H28Cl2N4O3S. The van der Waals surface area contributed by atoms with Gasteiger partial charge in [0, 0.05) is 37.1 Å². The van der Waals surface area contributed by atoms with Crippen LogP contribution in [-0.4, -0.2) is 51.0 Å². The number of benzene rings is 2. The third kappa shape index (κ3) is 3.64. The van der Waals surface area contributed by atoms with E-state index in [-0.39, 0.29) is 0 Å². The largest absolute Gasteiger partial charge is 0.591 e. The third-order valence-electron chi connectivity index (χ3n) is 7.92. The van der Waals surface area contributed by atoms with E-state index >= 15 is 0 Å². The second-order valence-electron chi connectivity index (χ2n) is 10.4. The van der Waals surface area contributed by atoms with E-state index in [1.807, 2.05) is 52.0 Å². The molecule has 1 fully saturated rings. The van der Waals surface area contributed by atoms with Gasteiger partial charge in [-0.25, -0.2) is 4.99 Å². The number of halogens is 2. The number of hydrogen-bond donors (Lipinski definition) is 1. The van der Waals surface area contributed by atoms with Crippen molar-refractivity contribution in [2.24, 2.45) is 9.39 Å². The Morgan fingerprint density at radius 3 is 2.54 bits per heavy atom. The summed E-state index contributed by atoms with van der Waals surface area (Å²) >= 11 is 11.3. The monoisotopic (exact) mass is 558 g/mol. The zero-order chi connectivity index (χ0) is 26.3. The molecule has 0 saturated carbocycles. The quantitative estimate of drug-likeness (QED) is 0.498. The zero-order valence-electron chi connectivity index (χ0n) is 21.1. The molecule has 10 heteroatoms. The van der Waals surface area contributed by atoms with Crippen LogP contribution in [0.15, 0.2) is 57.2 Å². The molecule has 0 aromatic heterocycles. The minimum Gasteiger partial charge on any atom is -0.591 e. The predicted octanol–water partition coefficient (Wildman–Crippen LogP) is 5.41. The standard InChI is InChI=1S/C27H28Cl2N4O3S/c1-15-24(30-16(2)33(25(15)34)19-9-6-8-18(28)22(19)29)32-13-11-27(12-14-32)23-21-17(7-5-10-20(21)36-27)26(3,4)37(35)31-23/h5-10,25,34H,11-14H2,1-4H3. The second-order valence-corrected chi connectivity index (χ2v) is 12.9. The molecule has 2 atom stereocenters. The number of hydrogen-bond acceptors (Lipinski definition) is 7. The molecule has 37 heavy (non-hydrogen) atoms. The Hall–Kier alpha value is -2.23. The molecule has 0 amide bonds. The molecule has 2 unspecified atom stereocenters. The minimum atomic E-state index is -1.39. The molecule has 1 spiro atoms. The fourth-order valence-electron chi connectivity index (χ4n) is 5.77. The van der Waals surface area contributed by atoms with Crippen LogP contribution < -0.4 is 9.64 Å². The van der Waals surface area contributed by atoms with Crippen molar-refractivity contribution in [2.45, 2.75) is 57.1 Å². The highest BCUT2D eigenvalue weighted by molar-refractivity contribution is 7.91. The SMILES string of the molecule is CC1=NC(N2CCC3(CC2)Oc2cccc4c2C3=N[S+]([O-])C4(C)C)=C(C)C(O)N1c1cccc(Cl)c1Cl. The van der Waals surface area contributed by atoms with Crippen molar-refractivity contribution >= 4 is 51.8 Å². The number of fused-ring (bicyclic) bond motifs is 1. The van der Waals surface area contributed by atoms with Crippen molar-refractivity contribution in [1.82, 2.24) is 4.90 Å². The van der Waals surface area contributed by atoms with Crippen LogP contribution in [0.25, 0.3) is 0 Å². The van der Waals surface area contributed by atoms with Gasteiger partial charge in [0.05, 0.1) is 21.3 Å². The summed E-state index contributed by atoms with van der Waals surface area (Å²) in [5.41, 5.74) is 3.58. The summed E-state index contributed by atoms with van der Waals surface area (Å²) in [6.45, 7) is 8.99. The predicted molar refractivity (Wildman–Crippen MR) is 149 cm³/mol. The number of rotatable bonds is 2. The van der Waals surface area contributed by atoms with E-state index in [9.17, 15) is 9.66 Å². The van der Waals surface area contributed by atoms with Gasteiger partial charge in [-0.2, -0.15) is 0 Å². The van der Waals surface area contributed by atoms with Gasteiger partial charge in [-0.3, -0.25) is 4.90 Å². The van der Waals surface area contributed by atoms with Crippen LogP contribution in [0.3, 0.4) is 0 Å². The van der Waals surface area contributed by atoms with Crippen LogP contribution in [0.4, 0.5) is 5.69 Å². The van der Waals surface area contributed by atoms with E-state index in [0.717, 1.165) is 34.0 Å². The first-order valence-corrected chi connectivity index (χ1v) is 14.2. The maximum absolute atomic E-state index is 13.1. The summed E-state index contributed by atoms with van der Waals surface area (Å²) in [7, 11) is 0. The van der Waals surface area contributed by atoms with Crippen molar-refractivity contribution in [3.63, 3.8) is 0 Å². The van der Waals surface area contributed by atoms with Crippen molar-refractivity contribution in [1.29, 1.82) is 0 Å². The van der Waals surface area contributed by atoms with E-state index in [0.29, 0.717) is 47.5 Å². The van der Waals surface area contributed by atoms with Gasteiger partial charge in [0.1, 0.15) is 34.5 Å². The van der Waals surface area contributed by atoms with Gasteiger partial charge < -0.3 is 19.3 Å². The lowest BCUT2D eigenvalue weighted by atomic mass is 9.82. The van der Waals surface area contributed by atoms with Crippen LogP contribution in [0.2, 0.25) is 10.0 Å². The fourth-order valence-corrected chi connectivity index (χ4v) is 7.17. The van der Waals surface area contributed by atoms with Gasteiger partial charge in [0.25, 0.3) is 0 Å². The third-order valence-corrected chi connectivity index (χ3v) is 10.2. The number of aliphatic hydroxyl groups excluding tert-OH is 1. The van der Waals surface area contributed by atoms with Crippen LogP contribution in [0.1, 0.15) is 51.7 Å². The summed E-state index contributed by atoms with van der Waals surface area (Å²) in [5, 5.41) is 12.1. The average molecular weight is 560 g/mol.